The molecule has 1 fully saturated rings. The second-order valence-corrected chi connectivity index (χ2v) is 6.29. The van der Waals surface area contributed by atoms with Crippen molar-refractivity contribution in [3.63, 3.8) is 0 Å². The maximum absolute atomic E-state index is 12.4. The van der Waals surface area contributed by atoms with Crippen LogP contribution in [0.5, 0.6) is 0 Å². The monoisotopic (exact) mass is 324 g/mol. The summed E-state index contributed by atoms with van der Waals surface area (Å²) in [7, 11) is 0. The Hall–Kier alpha value is -2.27. The molecule has 5 heteroatoms. The van der Waals surface area contributed by atoms with Crippen molar-refractivity contribution in [3.8, 4) is 0 Å². The normalized spacial score (nSPS) is 15.5. The molecule has 0 aromatic carbocycles. The van der Waals surface area contributed by atoms with Gasteiger partial charge in [0.05, 0.1) is 5.69 Å². The zero-order valence-corrected chi connectivity index (χ0v) is 14.2. The van der Waals surface area contributed by atoms with Crippen molar-refractivity contribution in [3.05, 3.63) is 59.7 Å². The molecule has 0 radical (unpaired) electrons. The fourth-order valence-corrected chi connectivity index (χ4v) is 3.01. The van der Waals surface area contributed by atoms with Crippen molar-refractivity contribution in [2.45, 2.75) is 26.3 Å². The molecule has 0 bridgehead atoms. The molecule has 1 aliphatic rings. The molecular weight excluding hydrogens is 300 g/mol. The van der Waals surface area contributed by atoms with Crippen LogP contribution in [0, 0.1) is 6.92 Å². The third-order valence-corrected chi connectivity index (χ3v) is 4.57. The van der Waals surface area contributed by atoms with Gasteiger partial charge in [-0.1, -0.05) is 12.1 Å². The molecule has 1 aliphatic heterocycles. The van der Waals surface area contributed by atoms with Crippen molar-refractivity contribution in [2.24, 2.45) is 0 Å². The fraction of sp³-hybridized carbons (Fsp3) is 0.421. The van der Waals surface area contributed by atoms with E-state index in [1.54, 1.807) is 6.20 Å². The first-order chi connectivity index (χ1) is 11.7. The molecular formula is C19H24N4O. The fourth-order valence-electron chi connectivity index (χ4n) is 3.01. The molecule has 0 aliphatic carbocycles. The van der Waals surface area contributed by atoms with Crippen molar-refractivity contribution in [1.82, 2.24) is 19.8 Å². The zero-order valence-electron chi connectivity index (χ0n) is 14.2. The molecule has 3 heterocycles. The SMILES string of the molecule is Cc1cccnc1CN1CCN(C(=O)CCc2cccnc2)CC1. The lowest BCUT2D eigenvalue weighted by molar-refractivity contribution is -0.133. The van der Waals surface area contributed by atoms with Gasteiger partial charge in [0.15, 0.2) is 0 Å². The van der Waals surface area contributed by atoms with Gasteiger partial charge >= 0.3 is 0 Å². The average molecular weight is 324 g/mol. The summed E-state index contributed by atoms with van der Waals surface area (Å²) in [5.41, 5.74) is 3.48. The van der Waals surface area contributed by atoms with Crippen LogP contribution < -0.4 is 0 Å². The summed E-state index contributed by atoms with van der Waals surface area (Å²) in [4.78, 5) is 25.3. The second kappa shape index (κ2) is 8.02. The van der Waals surface area contributed by atoms with Gasteiger partial charge < -0.3 is 4.90 Å². The van der Waals surface area contributed by atoms with Gasteiger partial charge in [0.2, 0.25) is 5.91 Å². The van der Waals surface area contributed by atoms with Crippen LogP contribution in [0.15, 0.2) is 42.9 Å². The quantitative estimate of drug-likeness (QED) is 0.845. The Morgan fingerprint density at radius 3 is 2.62 bits per heavy atom. The predicted octanol–water partition coefficient (Wildman–Crippen LogP) is 2.06. The topological polar surface area (TPSA) is 49.3 Å². The summed E-state index contributed by atoms with van der Waals surface area (Å²) < 4.78 is 0. The maximum Gasteiger partial charge on any atom is 0.222 e. The van der Waals surface area contributed by atoms with Gasteiger partial charge in [-0.05, 0) is 36.6 Å². The number of hydrogen-bond acceptors (Lipinski definition) is 4. The van der Waals surface area contributed by atoms with Crippen LogP contribution in [0.3, 0.4) is 0 Å². The van der Waals surface area contributed by atoms with Crippen LogP contribution in [0.1, 0.15) is 23.2 Å². The Labute approximate surface area is 143 Å². The van der Waals surface area contributed by atoms with Gasteiger partial charge in [0.1, 0.15) is 0 Å². The van der Waals surface area contributed by atoms with Crippen LogP contribution in [-0.4, -0.2) is 51.9 Å². The molecule has 0 atom stereocenters. The first kappa shape index (κ1) is 16.6. The molecule has 0 N–H and O–H groups in total. The number of aromatic nitrogens is 2. The minimum atomic E-state index is 0.243. The number of rotatable bonds is 5. The van der Waals surface area contributed by atoms with Gasteiger partial charge in [-0.2, -0.15) is 0 Å². The number of nitrogens with zero attached hydrogens (tertiary/aromatic N) is 4. The summed E-state index contributed by atoms with van der Waals surface area (Å²) >= 11 is 0. The number of carbonyl (C=O) groups is 1. The van der Waals surface area contributed by atoms with Crippen molar-refractivity contribution in [1.29, 1.82) is 0 Å². The van der Waals surface area contributed by atoms with E-state index >= 15 is 0 Å². The third kappa shape index (κ3) is 4.38. The molecule has 5 nitrogen and oxygen atoms in total. The highest BCUT2D eigenvalue weighted by atomic mass is 16.2. The standard InChI is InChI=1S/C19H24N4O/c1-16-4-2-9-21-18(16)15-22-10-12-23(13-11-22)19(24)7-6-17-5-3-8-20-14-17/h2-5,8-9,14H,6-7,10-13,15H2,1H3. The van der Waals surface area contributed by atoms with Gasteiger partial charge in [-0.15, -0.1) is 0 Å². The zero-order chi connectivity index (χ0) is 16.8. The average Bonchev–Trinajstić information content (AvgIpc) is 2.63. The Balaban J connectivity index is 1.44. The van der Waals surface area contributed by atoms with E-state index in [2.05, 4.69) is 27.9 Å². The lowest BCUT2D eigenvalue weighted by Crippen LogP contribution is -2.48. The number of hydrogen-bond donors (Lipinski definition) is 0. The van der Waals surface area contributed by atoms with Crippen LogP contribution in [0.4, 0.5) is 0 Å². The van der Waals surface area contributed by atoms with E-state index in [1.807, 2.05) is 35.5 Å². The molecule has 0 saturated carbocycles. The molecule has 0 unspecified atom stereocenters. The molecule has 2 aromatic rings. The number of amides is 1. The van der Waals surface area contributed by atoms with Crippen LogP contribution >= 0.6 is 0 Å². The predicted molar refractivity (Wildman–Crippen MR) is 93.4 cm³/mol. The lowest BCUT2D eigenvalue weighted by Gasteiger charge is -2.34. The second-order valence-electron chi connectivity index (χ2n) is 6.29. The molecule has 0 spiro atoms. The van der Waals surface area contributed by atoms with Crippen LogP contribution in [0.2, 0.25) is 0 Å². The Morgan fingerprint density at radius 2 is 1.92 bits per heavy atom. The molecule has 1 amide bonds. The van der Waals surface area contributed by atoms with Crippen molar-refractivity contribution < 1.29 is 4.79 Å². The van der Waals surface area contributed by atoms with E-state index < -0.39 is 0 Å². The molecule has 2 aromatic heterocycles. The minimum absolute atomic E-state index is 0.243. The van der Waals surface area contributed by atoms with E-state index in [9.17, 15) is 4.79 Å². The number of piperazine rings is 1. The highest BCUT2D eigenvalue weighted by Crippen LogP contribution is 2.11. The Kier molecular flexibility index (Phi) is 5.54. The lowest BCUT2D eigenvalue weighted by atomic mass is 10.1. The molecule has 126 valence electrons. The summed E-state index contributed by atoms with van der Waals surface area (Å²) in [5.74, 6) is 0.243. The van der Waals surface area contributed by atoms with Crippen LogP contribution in [-0.2, 0) is 17.8 Å². The highest BCUT2D eigenvalue weighted by Gasteiger charge is 2.21. The third-order valence-electron chi connectivity index (χ3n) is 4.57. The summed E-state index contributed by atoms with van der Waals surface area (Å²) in [6, 6.07) is 8.00. The smallest absolute Gasteiger partial charge is 0.222 e. The number of carbonyl (C=O) groups excluding carboxylic acids is 1. The van der Waals surface area contributed by atoms with Crippen LogP contribution in [0.25, 0.3) is 0 Å². The Morgan fingerprint density at radius 1 is 1.12 bits per heavy atom. The van der Waals surface area contributed by atoms with E-state index in [0.29, 0.717) is 6.42 Å². The summed E-state index contributed by atoms with van der Waals surface area (Å²) in [6.07, 6.45) is 6.76. The first-order valence-electron chi connectivity index (χ1n) is 8.52. The Bertz CT molecular complexity index is 666. The molecule has 24 heavy (non-hydrogen) atoms. The summed E-state index contributed by atoms with van der Waals surface area (Å²) in [5, 5.41) is 0. The van der Waals surface area contributed by atoms with Gasteiger partial charge in [-0.3, -0.25) is 19.7 Å². The largest absolute Gasteiger partial charge is 0.340 e. The maximum atomic E-state index is 12.4. The number of pyridine rings is 2. The van der Waals surface area contributed by atoms with E-state index in [-0.39, 0.29) is 5.91 Å². The van der Waals surface area contributed by atoms with Crippen molar-refractivity contribution >= 4 is 5.91 Å². The molecule has 1 saturated heterocycles. The van der Waals surface area contributed by atoms with E-state index in [1.165, 1.54) is 5.56 Å². The van der Waals surface area contributed by atoms with Gasteiger partial charge in [0.25, 0.3) is 0 Å². The highest BCUT2D eigenvalue weighted by molar-refractivity contribution is 5.76. The van der Waals surface area contributed by atoms with E-state index in [4.69, 9.17) is 0 Å². The minimum Gasteiger partial charge on any atom is -0.340 e. The van der Waals surface area contributed by atoms with Gasteiger partial charge in [-0.25, -0.2) is 0 Å². The van der Waals surface area contributed by atoms with Crippen molar-refractivity contribution in [2.75, 3.05) is 26.2 Å². The van der Waals surface area contributed by atoms with Gasteiger partial charge in [0, 0.05) is 57.7 Å². The number of aryl methyl sites for hydroxylation is 2. The first-order valence-corrected chi connectivity index (χ1v) is 8.52. The molecule has 3 rings (SSSR count). The van der Waals surface area contributed by atoms with E-state index in [0.717, 1.165) is 50.4 Å². The summed E-state index contributed by atoms with van der Waals surface area (Å²) in [6.45, 7) is 6.39.